The number of anilines is 3. The molecule has 0 atom stereocenters. The molecule has 8 heteroatoms. The number of aryl methyl sites for hydroxylation is 2. The molecular weight excluding hydrogens is 332 g/mol. The first-order valence-corrected chi connectivity index (χ1v) is 8.49. The van der Waals surface area contributed by atoms with Crippen molar-refractivity contribution < 1.29 is 9.21 Å². The average Bonchev–Trinajstić information content (AvgIpc) is 2.90. The van der Waals surface area contributed by atoms with Crippen LogP contribution in [0.3, 0.4) is 0 Å². The number of ketones is 1. The van der Waals surface area contributed by atoms with Crippen molar-refractivity contribution in [1.82, 2.24) is 14.9 Å². The number of nitrogens with zero attached hydrogens (tertiary/aromatic N) is 5. The quantitative estimate of drug-likeness (QED) is 0.835. The number of aromatic nitrogens is 2. The van der Waals surface area contributed by atoms with Gasteiger partial charge in [0.25, 0.3) is 0 Å². The molecule has 0 aromatic carbocycles. The maximum Gasteiger partial charge on any atom is 0.217 e. The Hall–Kier alpha value is -2.92. The van der Waals surface area contributed by atoms with E-state index in [1.807, 2.05) is 19.1 Å². The van der Waals surface area contributed by atoms with E-state index in [-0.39, 0.29) is 17.2 Å². The molecule has 136 valence electrons. The van der Waals surface area contributed by atoms with E-state index in [4.69, 9.17) is 4.42 Å². The standard InChI is InChI=1S/C18H22N6O2/c1-11(25)17-12(2)26-18(14(17)10-19)22-15-9-16(21-13(3)20-15)24-7-5-23(4)6-8-24/h9H,5-8H2,1-4H3,(H,20,21,22). The van der Waals surface area contributed by atoms with Crippen molar-refractivity contribution in [2.75, 3.05) is 43.4 Å². The molecule has 3 rings (SSSR count). The van der Waals surface area contributed by atoms with Crippen molar-refractivity contribution in [3.8, 4) is 6.07 Å². The molecule has 1 aliphatic rings. The lowest BCUT2D eigenvalue weighted by atomic mass is 10.1. The van der Waals surface area contributed by atoms with Crippen LogP contribution in [0.15, 0.2) is 10.5 Å². The summed E-state index contributed by atoms with van der Waals surface area (Å²) in [6.07, 6.45) is 0. The van der Waals surface area contributed by atoms with E-state index in [0.29, 0.717) is 23.0 Å². The summed E-state index contributed by atoms with van der Waals surface area (Å²) in [5.41, 5.74) is 0.507. The van der Waals surface area contributed by atoms with E-state index in [1.165, 1.54) is 6.92 Å². The summed E-state index contributed by atoms with van der Waals surface area (Å²) in [4.78, 5) is 25.2. The molecule has 1 aliphatic heterocycles. The van der Waals surface area contributed by atoms with Crippen LogP contribution in [-0.2, 0) is 0 Å². The van der Waals surface area contributed by atoms with Crippen molar-refractivity contribution in [3.05, 3.63) is 28.8 Å². The Morgan fingerprint density at radius 2 is 1.96 bits per heavy atom. The van der Waals surface area contributed by atoms with Crippen LogP contribution in [0.25, 0.3) is 0 Å². The van der Waals surface area contributed by atoms with Gasteiger partial charge < -0.3 is 19.5 Å². The summed E-state index contributed by atoms with van der Waals surface area (Å²) in [6.45, 7) is 8.65. The predicted molar refractivity (Wildman–Crippen MR) is 97.9 cm³/mol. The molecule has 2 aromatic rings. The molecule has 0 unspecified atom stereocenters. The molecule has 1 fully saturated rings. The van der Waals surface area contributed by atoms with Crippen LogP contribution >= 0.6 is 0 Å². The van der Waals surface area contributed by atoms with E-state index in [9.17, 15) is 10.1 Å². The number of furan rings is 1. The first-order valence-electron chi connectivity index (χ1n) is 8.49. The Labute approximate surface area is 152 Å². The Morgan fingerprint density at radius 1 is 1.27 bits per heavy atom. The first-order chi connectivity index (χ1) is 12.4. The normalized spacial score (nSPS) is 15.0. The van der Waals surface area contributed by atoms with Gasteiger partial charge in [0.2, 0.25) is 5.88 Å². The Morgan fingerprint density at radius 3 is 2.58 bits per heavy atom. The highest BCUT2D eigenvalue weighted by Gasteiger charge is 2.22. The zero-order chi connectivity index (χ0) is 18.8. The molecule has 0 spiro atoms. The molecule has 3 heterocycles. The number of hydrogen-bond donors (Lipinski definition) is 1. The van der Waals surface area contributed by atoms with Crippen LogP contribution in [-0.4, -0.2) is 53.9 Å². The molecule has 0 amide bonds. The number of carbonyl (C=O) groups is 1. The molecule has 26 heavy (non-hydrogen) atoms. The minimum Gasteiger partial charge on any atom is -0.443 e. The summed E-state index contributed by atoms with van der Waals surface area (Å²) in [6, 6.07) is 3.89. The SMILES string of the molecule is CC(=O)c1c(C)oc(Nc2cc(N3CCN(C)CC3)nc(C)n2)c1C#N. The van der Waals surface area contributed by atoms with Gasteiger partial charge in [0, 0.05) is 32.2 Å². The maximum absolute atomic E-state index is 11.8. The predicted octanol–water partition coefficient (Wildman–Crippen LogP) is 2.26. The number of hydrogen-bond acceptors (Lipinski definition) is 8. The van der Waals surface area contributed by atoms with Gasteiger partial charge in [-0.3, -0.25) is 4.79 Å². The van der Waals surface area contributed by atoms with Gasteiger partial charge in [0.1, 0.15) is 34.9 Å². The van der Waals surface area contributed by atoms with Gasteiger partial charge in [0.15, 0.2) is 5.78 Å². The molecule has 8 nitrogen and oxygen atoms in total. The molecule has 1 N–H and O–H groups in total. The zero-order valence-corrected chi connectivity index (χ0v) is 15.5. The van der Waals surface area contributed by atoms with Crippen molar-refractivity contribution in [2.45, 2.75) is 20.8 Å². The second-order valence-electron chi connectivity index (χ2n) is 6.48. The van der Waals surface area contributed by atoms with Gasteiger partial charge in [-0.1, -0.05) is 0 Å². The van der Waals surface area contributed by atoms with Gasteiger partial charge in [-0.15, -0.1) is 0 Å². The van der Waals surface area contributed by atoms with Crippen LogP contribution in [0.4, 0.5) is 17.5 Å². The third kappa shape index (κ3) is 3.53. The minimum atomic E-state index is -0.201. The molecule has 0 saturated carbocycles. The minimum absolute atomic E-state index is 0.201. The van der Waals surface area contributed by atoms with Crippen LogP contribution in [0.1, 0.15) is 34.4 Å². The fourth-order valence-electron chi connectivity index (χ4n) is 3.09. The number of Topliss-reactive ketones (excluding diaryl/α,β-unsaturated/α-hetero) is 1. The smallest absolute Gasteiger partial charge is 0.217 e. The lowest BCUT2D eigenvalue weighted by Crippen LogP contribution is -2.44. The van der Waals surface area contributed by atoms with Gasteiger partial charge in [-0.05, 0) is 27.8 Å². The molecule has 0 bridgehead atoms. The van der Waals surface area contributed by atoms with Gasteiger partial charge >= 0.3 is 0 Å². The first kappa shape index (κ1) is 17.9. The number of nitrogens with one attached hydrogen (secondary N) is 1. The molecular formula is C18H22N6O2. The molecule has 1 saturated heterocycles. The highest BCUT2D eigenvalue weighted by atomic mass is 16.4. The molecule has 0 radical (unpaired) electrons. The molecule has 0 aliphatic carbocycles. The number of nitriles is 1. The van der Waals surface area contributed by atoms with Crippen LogP contribution in [0, 0.1) is 25.2 Å². The Bertz CT molecular complexity index is 875. The second-order valence-corrected chi connectivity index (χ2v) is 6.48. The summed E-state index contributed by atoms with van der Waals surface area (Å²) in [5, 5.41) is 12.5. The second kappa shape index (κ2) is 7.14. The maximum atomic E-state index is 11.8. The number of carbonyl (C=O) groups excluding carboxylic acids is 1. The lowest BCUT2D eigenvalue weighted by Gasteiger charge is -2.33. The fourth-order valence-corrected chi connectivity index (χ4v) is 3.09. The topological polar surface area (TPSA) is 98.3 Å². The third-order valence-corrected chi connectivity index (χ3v) is 4.44. The Kier molecular flexibility index (Phi) is 4.91. The zero-order valence-electron chi connectivity index (χ0n) is 15.5. The summed E-state index contributed by atoms with van der Waals surface area (Å²) in [7, 11) is 2.10. The Balaban J connectivity index is 1.91. The summed E-state index contributed by atoms with van der Waals surface area (Å²) in [5.74, 6) is 2.44. The lowest BCUT2D eigenvalue weighted by molar-refractivity contribution is 0.101. The van der Waals surface area contributed by atoms with E-state index in [2.05, 4.69) is 32.1 Å². The van der Waals surface area contributed by atoms with Gasteiger partial charge in [0.05, 0.1) is 5.56 Å². The van der Waals surface area contributed by atoms with E-state index < -0.39 is 0 Å². The van der Waals surface area contributed by atoms with Crippen molar-refractivity contribution in [2.24, 2.45) is 0 Å². The largest absolute Gasteiger partial charge is 0.443 e. The number of rotatable bonds is 4. The number of likely N-dealkylation sites (N-methyl/N-ethyl adjacent to an activating group) is 1. The fraction of sp³-hybridized carbons (Fsp3) is 0.444. The highest BCUT2D eigenvalue weighted by Crippen LogP contribution is 2.29. The van der Waals surface area contributed by atoms with E-state index in [1.54, 1.807) is 6.92 Å². The van der Waals surface area contributed by atoms with E-state index in [0.717, 1.165) is 32.0 Å². The molecule has 2 aromatic heterocycles. The summed E-state index contributed by atoms with van der Waals surface area (Å²) >= 11 is 0. The van der Waals surface area contributed by atoms with Crippen molar-refractivity contribution >= 4 is 23.3 Å². The monoisotopic (exact) mass is 354 g/mol. The van der Waals surface area contributed by atoms with Crippen LogP contribution in [0.2, 0.25) is 0 Å². The van der Waals surface area contributed by atoms with Crippen LogP contribution < -0.4 is 10.2 Å². The van der Waals surface area contributed by atoms with Gasteiger partial charge in [-0.2, -0.15) is 5.26 Å². The van der Waals surface area contributed by atoms with Gasteiger partial charge in [-0.25, -0.2) is 9.97 Å². The highest BCUT2D eigenvalue weighted by molar-refractivity contribution is 5.99. The van der Waals surface area contributed by atoms with Crippen molar-refractivity contribution in [3.63, 3.8) is 0 Å². The van der Waals surface area contributed by atoms with Crippen molar-refractivity contribution in [1.29, 1.82) is 5.26 Å². The van der Waals surface area contributed by atoms with Crippen LogP contribution in [0.5, 0.6) is 0 Å². The average molecular weight is 354 g/mol. The number of piperazine rings is 1. The summed E-state index contributed by atoms with van der Waals surface area (Å²) < 4.78 is 5.61. The third-order valence-electron chi connectivity index (χ3n) is 4.44. The van der Waals surface area contributed by atoms with E-state index >= 15 is 0 Å².